The molecule has 0 amide bonds. The van der Waals surface area contributed by atoms with Crippen LogP contribution in [0.3, 0.4) is 0 Å². The number of hydrogen-bond acceptors (Lipinski definition) is 1. The number of nitrogens with one attached hydrogen (secondary N) is 1. The van der Waals surface area contributed by atoms with E-state index in [9.17, 15) is 0 Å². The van der Waals surface area contributed by atoms with Crippen LogP contribution >= 0.6 is 15.9 Å². The van der Waals surface area contributed by atoms with Gasteiger partial charge in [0.2, 0.25) is 0 Å². The highest BCUT2D eigenvalue weighted by molar-refractivity contribution is 9.10. The summed E-state index contributed by atoms with van der Waals surface area (Å²) in [7, 11) is 0. The summed E-state index contributed by atoms with van der Waals surface area (Å²) in [5, 5.41) is 3.44. The summed E-state index contributed by atoms with van der Waals surface area (Å²) < 4.78 is 1.15. The van der Waals surface area contributed by atoms with E-state index >= 15 is 0 Å². The summed E-state index contributed by atoms with van der Waals surface area (Å²) in [5.74, 6) is 0. The molecule has 76 valence electrons. The van der Waals surface area contributed by atoms with Crippen LogP contribution in [0.4, 0.5) is 0 Å². The average molecular weight is 254 g/mol. The standard InChI is InChI=1S/C12H16BrN/c1-4-9(2)14-10(3)11-7-5-6-8-12(11)13/h4-10,14H,1H2,2-3H3. The van der Waals surface area contributed by atoms with E-state index in [1.807, 2.05) is 12.1 Å². The molecule has 1 rings (SSSR count). The summed E-state index contributed by atoms with van der Waals surface area (Å²) in [5.41, 5.74) is 1.28. The molecule has 0 aliphatic heterocycles. The quantitative estimate of drug-likeness (QED) is 0.808. The third-order valence-electron chi connectivity index (χ3n) is 2.24. The minimum Gasteiger partial charge on any atom is -0.304 e. The van der Waals surface area contributed by atoms with E-state index in [-0.39, 0.29) is 0 Å². The van der Waals surface area contributed by atoms with Gasteiger partial charge in [0, 0.05) is 16.6 Å². The summed E-state index contributed by atoms with van der Waals surface area (Å²) >= 11 is 3.54. The number of halogens is 1. The third kappa shape index (κ3) is 2.96. The lowest BCUT2D eigenvalue weighted by atomic mass is 10.1. The van der Waals surface area contributed by atoms with Crippen molar-refractivity contribution in [1.29, 1.82) is 0 Å². The van der Waals surface area contributed by atoms with Crippen LogP contribution in [0.1, 0.15) is 25.5 Å². The number of rotatable bonds is 4. The molecule has 1 N–H and O–H groups in total. The molecular formula is C12H16BrN. The molecule has 0 spiro atoms. The molecule has 0 fully saturated rings. The molecule has 14 heavy (non-hydrogen) atoms. The lowest BCUT2D eigenvalue weighted by Gasteiger charge is -2.18. The first kappa shape index (κ1) is 11.5. The van der Waals surface area contributed by atoms with E-state index in [2.05, 4.69) is 59.9 Å². The maximum absolute atomic E-state index is 3.76. The van der Waals surface area contributed by atoms with Crippen molar-refractivity contribution in [1.82, 2.24) is 5.32 Å². The molecule has 0 aliphatic carbocycles. The Morgan fingerprint density at radius 2 is 2.00 bits per heavy atom. The van der Waals surface area contributed by atoms with E-state index in [4.69, 9.17) is 0 Å². The zero-order chi connectivity index (χ0) is 10.6. The zero-order valence-corrected chi connectivity index (χ0v) is 10.2. The van der Waals surface area contributed by atoms with Crippen LogP contribution in [0, 0.1) is 0 Å². The fraction of sp³-hybridized carbons (Fsp3) is 0.333. The van der Waals surface area contributed by atoms with Gasteiger partial charge in [-0.05, 0) is 25.5 Å². The van der Waals surface area contributed by atoms with Crippen LogP contribution < -0.4 is 5.32 Å². The van der Waals surface area contributed by atoms with Gasteiger partial charge in [-0.1, -0.05) is 40.2 Å². The van der Waals surface area contributed by atoms with E-state index in [1.54, 1.807) is 0 Å². The monoisotopic (exact) mass is 253 g/mol. The Hall–Kier alpha value is -0.600. The van der Waals surface area contributed by atoms with Crippen molar-refractivity contribution in [2.24, 2.45) is 0 Å². The van der Waals surface area contributed by atoms with Crippen LogP contribution in [0.15, 0.2) is 41.4 Å². The molecule has 0 aromatic heterocycles. The molecule has 1 aromatic rings. The Kier molecular flexibility index (Phi) is 4.36. The Morgan fingerprint density at radius 3 is 2.57 bits per heavy atom. The molecule has 0 aliphatic rings. The van der Waals surface area contributed by atoms with Gasteiger partial charge in [0.1, 0.15) is 0 Å². The fourth-order valence-electron chi connectivity index (χ4n) is 1.38. The zero-order valence-electron chi connectivity index (χ0n) is 8.63. The van der Waals surface area contributed by atoms with Crippen molar-refractivity contribution in [3.05, 3.63) is 47.0 Å². The molecule has 1 aromatic carbocycles. The van der Waals surface area contributed by atoms with Gasteiger partial charge in [0.05, 0.1) is 0 Å². The van der Waals surface area contributed by atoms with Crippen molar-refractivity contribution in [2.75, 3.05) is 0 Å². The first-order valence-electron chi connectivity index (χ1n) is 4.78. The smallest absolute Gasteiger partial charge is 0.0308 e. The predicted octanol–water partition coefficient (Wildman–Crippen LogP) is 3.67. The van der Waals surface area contributed by atoms with Crippen LogP contribution in [0.25, 0.3) is 0 Å². The topological polar surface area (TPSA) is 12.0 Å². The maximum Gasteiger partial charge on any atom is 0.0308 e. The van der Waals surface area contributed by atoms with Gasteiger partial charge < -0.3 is 5.32 Å². The molecule has 2 unspecified atom stereocenters. The first-order valence-corrected chi connectivity index (χ1v) is 5.57. The summed E-state index contributed by atoms with van der Waals surface area (Å²) in [4.78, 5) is 0. The third-order valence-corrected chi connectivity index (χ3v) is 2.96. The van der Waals surface area contributed by atoms with Crippen molar-refractivity contribution < 1.29 is 0 Å². The molecule has 1 nitrogen and oxygen atoms in total. The van der Waals surface area contributed by atoms with Crippen molar-refractivity contribution in [3.8, 4) is 0 Å². The minimum atomic E-state index is 0.331. The molecule has 0 heterocycles. The summed E-state index contributed by atoms with van der Waals surface area (Å²) in [6, 6.07) is 8.92. The van der Waals surface area contributed by atoms with E-state index in [0.29, 0.717) is 12.1 Å². The van der Waals surface area contributed by atoms with Gasteiger partial charge in [0.15, 0.2) is 0 Å². The molecule has 0 bridgehead atoms. The Labute approximate surface area is 94.3 Å². The van der Waals surface area contributed by atoms with Gasteiger partial charge in [-0.2, -0.15) is 0 Å². The lowest BCUT2D eigenvalue weighted by molar-refractivity contribution is 0.535. The van der Waals surface area contributed by atoms with Gasteiger partial charge in [-0.15, -0.1) is 6.58 Å². The summed E-state index contributed by atoms with van der Waals surface area (Å²) in [6.07, 6.45) is 1.91. The van der Waals surface area contributed by atoms with Crippen molar-refractivity contribution in [3.63, 3.8) is 0 Å². The molecule has 0 radical (unpaired) electrons. The van der Waals surface area contributed by atoms with E-state index < -0.39 is 0 Å². The van der Waals surface area contributed by atoms with Gasteiger partial charge >= 0.3 is 0 Å². The molecule has 0 saturated heterocycles. The first-order chi connectivity index (χ1) is 6.65. The highest BCUT2D eigenvalue weighted by atomic mass is 79.9. The van der Waals surface area contributed by atoms with Gasteiger partial charge in [-0.3, -0.25) is 0 Å². The van der Waals surface area contributed by atoms with Crippen molar-refractivity contribution >= 4 is 15.9 Å². The Bertz CT molecular complexity index is 309. The lowest BCUT2D eigenvalue weighted by Crippen LogP contribution is -2.27. The fourth-order valence-corrected chi connectivity index (χ4v) is 2.01. The van der Waals surface area contributed by atoms with Gasteiger partial charge in [-0.25, -0.2) is 0 Å². The predicted molar refractivity (Wildman–Crippen MR) is 65.4 cm³/mol. The van der Waals surface area contributed by atoms with E-state index in [1.165, 1.54) is 5.56 Å². The summed E-state index contributed by atoms with van der Waals surface area (Å²) in [6.45, 7) is 8.01. The second-order valence-electron chi connectivity index (χ2n) is 3.43. The van der Waals surface area contributed by atoms with Crippen LogP contribution in [-0.2, 0) is 0 Å². The highest BCUT2D eigenvalue weighted by Crippen LogP contribution is 2.22. The Morgan fingerprint density at radius 1 is 1.36 bits per heavy atom. The normalized spacial score (nSPS) is 14.8. The number of benzene rings is 1. The SMILES string of the molecule is C=CC(C)NC(C)c1ccccc1Br. The van der Waals surface area contributed by atoms with Crippen LogP contribution in [0.2, 0.25) is 0 Å². The van der Waals surface area contributed by atoms with Gasteiger partial charge in [0.25, 0.3) is 0 Å². The van der Waals surface area contributed by atoms with Crippen LogP contribution in [-0.4, -0.2) is 6.04 Å². The van der Waals surface area contributed by atoms with E-state index in [0.717, 1.165) is 4.47 Å². The maximum atomic E-state index is 3.76. The molecular weight excluding hydrogens is 238 g/mol. The molecule has 2 atom stereocenters. The second kappa shape index (κ2) is 5.32. The van der Waals surface area contributed by atoms with Crippen LogP contribution in [0.5, 0.6) is 0 Å². The molecule has 0 saturated carbocycles. The largest absolute Gasteiger partial charge is 0.304 e. The number of hydrogen-bond donors (Lipinski definition) is 1. The van der Waals surface area contributed by atoms with Crippen molar-refractivity contribution in [2.45, 2.75) is 25.9 Å². The average Bonchev–Trinajstić information content (AvgIpc) is 2.18. The highest BCUT2D eigenvalue weighted by Gasteiger charge is 2.09. The Balaban J connectivity index is 2.74. The second-order valence-corrected chi connectivity index (χ2v) is 4.29. The minimum absolute atomic E-state index is 0.331. The molecule has 2 heteroatoms.